The molecule has 0 unspecified atom stereocenters. The lowest BCUT2D eigenvalue weighted by Crippen LogP contribution is -2.54. The van der Waals surface area contributed by atoms with Crippen molar-refractivity contribution in [2.45, 2.75) is 33.2 Å². The molecule has 5 nitrogen and oxygen atoms in total. The molecule has 5 heteroatoms. The molecule has 0 aromatic heterocycles. The highest BCUT2D eigenvalue weighted by molar-refractivity contribution is 5.99. The van der Waals surface area contributed by atoms with Crippen LogP contribution in [0.4, 0.5) is 0 Å². The summed E-state index contributed by atoms with van der Waals surface area (Å²) in [5.41, 5.74) is 1.59. The Morgan fingerprint density at radius 2 is 1.73 bits per heavy atom. The first-order valence-corrected chi connectivity index (χ1v) is 9.38. The molecular formula is C21H31N3O2. The minimum absolute atomic E-state index is 0.0349. The van der Waals surface area contributed by atoms with E-state index >= 15 is 0 Å². The Kier molecular flexibility index (Phi) is 7.39. The number of nitrogens with zero attached hydrogens (tertiary/aromatic N) is 2. The Bertz CT molecular complexity index is 632. The smallest absolute Gasteiger partial charge is 0.247 e. The van der Waals surface area contributed by atoms with Crippen LogP contribution in [0.3, 0.4) is 0 Å². The van der Waals surface area contributed by atoms with Crippen molar-refractivity contribution in [3.05, 3.63) is 41.5 Å². The van der Waals surface area contributed by atoms with Crippen LogP contribution < -0.4 is 5.32 Å². The van der Waals surface area contributed by atoms with Crippen molar-refractivity contribution >= 4 is 17.9 Å². The molecule has 1 fully saturated rings. The average Bonchev–Trinajstić information content (AvgIpc) is 2.61. The van der Waals surface area contributed by atoms with Crippen molar-refractivity contribution in [3.8, 4) is 0 Å². The average molecular weight is 357 g/mol. The van der Waals surface area contributed by atoms with Gasteiger partial charge in [-0.25, -0.2) is 0 Å². The molecule has 0 saturated carbocycles. The first-order valence-electron chi connectivity index (χ1n) is 9.38. The number of benzene rings is 1. The van der Waals surface area contributed by atoms with Gasteiger partial charge in [-0.2, -0.15) is 0 Å². The molecule has 0 radical (unpaired) electrons. The van der Waals surface area contributed by atoms with Crippen LogP contribution in [-0.2, 0) is 9.59 Å². The van der Waals surface area contributed by atoms with E-state index in [-0.39, 0.29) is 11.8 Å². The van der Waals surface area contributed by atoms with Gasteiger partial charge in [0.15, 0.2) is 0 Å². The summed E-state index contributed by atoms with van der Waals surface area (Å²) in [5, 5.41) is 2.96. The second-order valence-corrected chi connectivity index (χ2v) is 7.52. The van der Waals surface area contributed by atoms with Gasteiger partial charge >= 0.3 is 0 Å². The van der Waals surface area contributed by atoms with Crippen LogP contribution in [0.1, 0.15) is 32.8 Å². The molecule has 1 aromatic carbocycles. The molecule has 1 N–H and O–H groups in total. The van der Waals surface area contributed by atoms with E-state index in [9.17, 15) is 9.59 Å². The van der Waals surface area contributed by atoms with Gasteiger partial charge in [-0.3, -0.25) is 9.59 Å². The molecule has 2 rings (SSSR count). The van der Waals surface area contributed by atoms with E-state index in [1.165, 1.54) is 0 Å². The van der Waals surface area contributed by atoms with Crippen molar-refractivity contribution in [1.82, 2.24) is 15.1 Å². The van der Waals surface area contributed by atoms with Crippen LogP contribution in [0, 0.1) is 5.92 Å². The Morgan fingerprint density at radius 3 is 2.31 bits per heavy atom. The van der Waals surface area contributed by atoms with Gasteiger partial charge in [-0.1, -0.05) is 44.2 Å². The van der Waals surface area contributed by atoms with Crippen LogP contribution in [-0.4, -0.2) is 60.9 Å². The molecule has 0 spiro atoms. The normalized spacial score (nSPS) is 17.3. The molecule has 1 aromatic rings. The molecule has 0 bridgehead atoms. The zero-order valence-corrected chi connectivity index (χ0v) is 16.4. The third-order valence-corrected chi connectivity index (χ3v) is 4.67. The van der Waals surface area contributed by atoms with Gasteiger partial charge in [0.1, 0.15) is 6.04 Å². The zero-order valence-electron chi connectivity index (χ0n) is 16.4. The van der Waals surface area contributed by atoms with Crippen molar-refractivity contribution in [3.63, 3.8) is 0 Å². The second kappa shape index (κ2) is 9.53. The summed E-state index contributed by atoms with van der Waals surface area (Å²) in [4.78, 5) is 29.6. The summed E-state index contributed by atoms with van der Waals surface area (Å²) in [6, 6.07) is 9.27. The SMILES string of the molecule is C/C(=C\c1ccccc1)C(=O)N[C@@H](CC(C)C)C(=O)N1CCN(C)CC1. The number of carbonyl (C=O) groups excluding carboxylic acids is 2. The number of hydrogen-bond acceptors (Lipinski definition) is 3. The van der Waals surface area contributed by atoms with Crippen molar-refractivity contribution < 1.29 is 9.59 Å². The number of likely N-dealkylation sites (N-methyl/N-ethyl adjacent to an activating group) is 1. The highest BCUT2D eigenvalue weighted by Crippen LogP contribution is 2.12. The number of nitrogens with one attached hydrogen (secondary N) is 1. The van der Waals surface area contributed by atoms with Crippen LogP contribution >= 0.6 is 0 Å². The minimum atomic E-state index is -0.468. The molecule has 0 aliphatic carbocycles. The maximum Gasteiger partial charge on any atom is 0.247 e. The summed E-state index contributed by atoms with van der Waals surface area (Å²) >= 11 is 0. The third kappa shape index (κ3) is 5.99. The predicted molar refractivity (Wildman–Crippen MR) is 106 cm³/mol. The van der Waals surface area contributed by atoms with Gasteiger partial charge in [-0.05, 0) is 37.9 Å². The summed E-state index contributed by atoms with van der Waals surface area (Å²) < 4.78 is 0. The zero-order chi connectivity index (χ0) is 19.1. The lowest BCUT2D eigenvalue weighted by atomic mass is 10.0. The molecule has 1 atom stereocenters. The van der Waals surface area contributed by atoms with E-state index in [2.05, 4.69) is 31.1 Å². The molecule has 1 heterocycles. The molecular weight excluding hydrogens is 326 g/mol. The molecule has 26 heavy (non-hydrogen) atoms. The highest BCUT2D eigenvalue weighted by Gasteiger charge is 2.28. The monoisotopic (exact) mass is 357 g/mol. The van der Waals surface area contributed by atoms with E-state index < -0.39 is 6.04 Å². The molecule has 1 aliphatic rings. The summed E-state index contributed by atoms with van der Waals surface area (Å²) in [6.45, 7) is 9.13. The van der Waals surface area contributed by atoms with E-state index in [1.807, 2.05) is 41.3 Å². The fourth-order valence-electron chi connectivity index (χ4n) is 3.08. The first kappa shape index (κ1) is 20.2. The Hall–Kier alpha value is -2.14. The van der Waals surface area contributed by atoms with Crippen molar-refractivity contribution in [1.29, 1.82) is 0 Å². The quantitative estimate of drug-likeness (QED) is 0.796. The van der Waals surface area contributed by atoms with E-state index in [4.69, 9.17) is 0 Å². The summed E-state index contributed by atoms with van der Waals surface area (Å²) in [7, 11) is 2.06. The minimum Gasteiger partial charge on any atom is -0.341 e. The van der Waals surface area contributed by atoms with Crippen molar-refractivity contribution in [2.75, 3.05) is 33.2 Å². The van der Waals surface area contributed by atoms with Crippen LogP contribution in [0.2, 0.25) is 0 Å². The molecule has 2 amide bonds. The van der Waals surface area contributed by atoms with Crippen LogP contribution in [0.15, 0.2) is 35.9 Å². The maximum absolute atomic E-state index is 12.9. The highest BCUT2D eigenvalue weighted by atomic mass is 16.2. The van der Waals surface area contributed by atoms with Gasteiger partial charge in [-0.15, -0.1) is 0 Å². The van der Waals surface area contributed by atoms with E-state index in [0.717, 1.165) is 31.7 Å². The Labute approximate surface area is 157 Å². The number of piperazine rings is 1. The molecule has 142 valence electrons. The lowest BCUT2D eigenvalue weighted by molar-refractivity contribution is -0.137. The topological polar surface area (TPSA) is 52.7 Å². The van der Waals surface area contributed by atoms with Crippen LogP contribution in [0.25, 0.3) is 6.08 Å². The third-order valence-electron chi connectivity index (χ3n) is 4.67. The Morgan fingerprint density at radius 1 is 1.12 bits per heavy atom. The van der Waals surface area contributed by atoms with Gasteiger partial charge < -0.3 is 15.1 Å². The Balaban J connectivity index is 2.05. The second-order valence-electron chi connectivity index (χ2n) is 7.52. The summed E-state index contributed by atoms with van der Waals surface area (Å²) in [5.74, 6) is 0.185. The number of carbonyl (C=O) groups is 2. The predicted octanol–water partition coefficient (Wildman–Crippen LogP) is 2.39. The van der Waals surface area contributed by atoms with Gasteiger partial charge in [0.2, 0.25) is 11.8 Å². The fraction of sp³-hybridized carbons (Fsp3) is 0.524. The van der Waals surface area contributed by atoms with Crippen LogP contribution in [0.5, 0.6) is 0 Å². The van der Waals surface area contributed by atoms with Gasteiger partial charge in [0.25, 0.3) is 0 Å². The maximum atomic E-state index is 12.9. The summed E-state index contributed by atoms with van der Waals surface area (Å²) in [6.07, 6.45) is 2.50. The molecule has 1 saturated heterocycles. The van der Waals surface area contributed by atoms with E-state index in [0.29, 0.717) is 17.9 Å². The van der Waals surface area contributed by atoms with Gasteiger partial charge in [0, 0.05) is 31.8 Å². The standard InChI is InChI=1S/C21H31N3O2/c1-16(2)14-19(21(26)24-12-10-23(4)11-13-24)22-20(25)17(3)15-18-8-6-5-7-9-18/h5-9,15-16,19H,10-14H2,1-4H3,(H,22,25)/b17-15+/t19-/m0/s1. The van der Waals surface area contributed by atoms with E-state index in [1.54, 1.807) is 6.92 Å². The molecule has 1 aliphatic heterocycles. The number of rotatable bonds is 6. The fourth-order valence-corrected chi connectivity index (χ4v) is 3.08. The van der Waals surface area contributed by atoms with Crippen molar-refractivity contribution in [2.24, 2.45) is 5.92 Å². The lowest BCUT2D eigenvalue weighted by Gasteiger charge is -2.35. The number of amides is 2. The number of hydrogen-bond donors (Lipinski definition) is 1. The largest absolute Gasteiger partial charge is 0.341 e. The van der Waals surface area contributed by atoms with Gasteiger partial charge in [0.05, 0.1) is 0 Å². The first-order chi connectivity index (χ1) is 12.4.